The van der Waals surface area contributed by atoms with Gasteiger partial charge in [0.05, 0.1) is 5.92 Å². The zero-order valence-electron chi connectivity index (χ0n) is 20.7. The van der Waals surface area contributed by atoms with Crippen molar-refractivity contribution in [2.75, 3.05) is 19.6 Å². The maximum atomic E-state index is 13.0. The number of likely N-dealkylation sites (tertiary alicyclic amines) is 1. The molecule has 2 rings (SSSR count). The number of carbonyl (C=O) groups is 4. The van der Waals surface area contributed by atoms with Crippen LogP contribution in [0.2, 0.25) is 0 Å². The average Bonchev–Trinajstić information content (AvgIpc) is 2.74. The third kappa shape index (κ3) is 8.51. The SMILES string of the molecule is CC(C)[C@H](NC(=O)OC(C)(C)C)C(=O)N1CCC(C(=O)NCC2CCC(C(=O)O)CC2)CC1. The highest BCUT2D eigenvalue weighted by molar-refractivity contribution is 5.86. The van der Waals surface area contributed by atoms with Gasteiger partial charge in [-0.25, -0.2) is 4.79 Å². The van der Waals surface area contributed by atoms with Crippen LogP contribution in [0.5, 0.6) is 0 Å². The Morgan fingerprint density at radius 1 is 0.970 bits per heavy atom. The van der Waals surface area contributed by atoms with Crippen molar-refractivity contribution in [1.82, 2.24) is 15.5 Å². The molecule has 9 nitrogen and oxygen atoms in total. The number of carboxylic acids is 1. The molecule has 0 aromatic rings. The van der Waals surface area contributed by atoms with E-state index in [2.05, 4.69) is 10.6 Å². The molecule has 1 atom stereocenters. The highest BCUT2D eigenvalue weighted by atomic mass is 16.6. The van der Waals surface area contributed by atoms with Crippen molar-refractivity contribution >= 4 is 23.9 Å². The molecule has 188 valence electrons. The fraction of sp³-hybridized carbons (Fsp3) is 0.833. The molecule has 0 spiro atoms. The number of rotatable bonds is 7. The van der Waals surface area contributed by atoms with Crippen LogP contribution < -0.4 is 10.6 Å². The molecule has 2 fully saturated rings. The van der Waals surface area contributed by atoms with Gasteiger partial charge in [-0.15, -0.1) is 0 Å². The fourth-order valence-corrected chi connectivity index (χ4v) is 4.51. The summed E-state index contributed by atoms with van der Waals surface area (Å²) < 4.78 is 5.30. The molecule has 1 aliphatic carbocycles. The van der Waals surface area contributed by atoms with Crippen LogP contribution in [0.25, 0.3) is 0 Å². The Morgan fingerprint density at radius 2 is 1.55 bits per heavy atom. The monoisotopic (exact) mass is 467 g/mol. The summed E-state index contributed by atoms with van der Waals surface area (Å²) in [6.07, 6.45) is 3.55. The molecule has 9 heteroatoms. The quantitative estimate of drug-likeness (QED) is 0.529. The lowest BCUT2D eigenvalue weighted by Gasteiger charge is -2.35. The summed E-state index contributed by atoms with van der Waals surface area (Å²) in [6, 6.07) is -0.675. The highest BCUT2D eigenvalue weighted by Crippen LogP contribution is 2.28. The Labute approximate surface area is 197 Å². The van der Waals surface area contributed by atoms with Gasteiger partial charge in [-0.1, -0.05) is 13.8 Å². The summed E-state index contributed by atoms with van der Waals surface area (Å²) in [5.74, 6) is -1.02. The van der Waals surface area contributed by atoms with Gasteiger partial charge in [-0.05, 0) is 71.1 Å². The minimum atomic E-state index is -0.722. The zero-order chi connectivity index (χ0) is 24.8. The van der Waals surface area contributed by atoms with Gasteiger partial charge in [0.15, 0.2) is 0 Å². The van der Waals surface area contributed by atoms with Gasteiger partial charge < -0.3 is 25.4 Å². The van der Waals surface area contributed by atoms with Crippen molar-refractivity contribution in [3.8, 4) is 0 Å². The first kappa shape index (κ1) is 26.9. The van der Waals surface area contributed by atoms with E-state index in [1.165, 1.54) is 0 Å². The molecule has 1 saturated carbocycles. The van der Waals surface area contributed by atoms with E-state index < -0.39 is 23.7 Å². The van der Waals surface area contributed by atoms with Crippen LogP contribution in [0.3, 0.4) is 0 Å². The molecule has 0 aromatic carbocycles. The van der Waals surface area contributed by atoms with E-state index in [1.807, 2.05) is 13.8 Å². The second-order valence-corrected chi connectivity index (χ2v) is 10.8. The van der Waals surface area contributed by atoms with Crippen LogP contribution in [-0.4, -0.2) is 65.2 Å². The molecule has 0 aromatic heterocycles. The van der Waals surface area contributed by atoms with Gasteiger partial charge in [-0.2, -0.15) is 0 Å². The van der Waals surface area contributed by atoms with E-state index in [1.54, 1.807) is 25.7 Å². The standard InChI is InChI=1S/C24H41N3O6/c1-15(2)19(26-23(32)33-24(3,4)5)21(29)27-12-10-17(11-13-27)20(28)25-14-16-6-8-18(9-7-16)22(30)31/h15-19H,6-14H2,1-5H3,(H,25,28)(H,26,32)(H,30,31)/t16?,18?,19-/m0/s1. The first-order chi connectivity index (χ1) is 15.4. The zero-order valence-corrected chi connectivity index (χ0v) is 20.7. The minimum Gasteiger partial charge on any atom is -0.481 e. The lowest BCUT2D eigenvalue weighted by Crippen LogP contribution is -2.54. The van der Waals surface area contributed by atoms with Crippen LogP contribution in [0.4, 0.5) is 4.79 Å². The number of carbonyl (C=O) groups excluding carboxylic acids is 3. The molecule has 0 radical (unpaired) electrons. The third-order valence-electron chi connectivity index (χ3n) is 6.54. The van der Waals surface area contributed by atoms with Crippen molar-refractivity contribution in [3.05, 3.63) is 0 Å². The van der Waals surface area contributed by atoms with Crippen molar-refractivity contribution in [2.45, 2.75) is 84.8 Å². The lowest BCUT2D eigenvalue weighted by molar-refractivity contribution is -0.143. The maximum Gasteiger partial charge on any atom is 0.408 e. The van der Waals surface area contributed by atoms with Crippen LogP contribution in [0, 0.1) is 23.7 Å². The van der Waals surface area contributed by atoms with Crippen molar-refractivity contribution < 1.29 is 29.0 Å². The Kier molecular flexibility index (Phi) is 9.55. The van der Waals surface area contributed by atoms with E-state index in [4.69, 9.17) is 9.84 Å². The maximum absolute atomic E-state index is 13.0. The van der Waals surface area contributed by atoms with Crippen LogP contribution in [0.1, 0.15) is 73.1 Å². The number of hydrogen-bond donors (Lipinski definition) is 3. The summed E-state index contributed by atoms with van der Waals surface area (Å²) in [5, 5.41) is 14.8. The number of carboxylic acid groups (broad SMARTS) is 1. The topological polar surface area (TPSA) is 125 Å². The Hall–Kier alpha value is -2.32. The smallest absolute Gasteiger partial charge is 0.408 e. The summed E-state index contributed by atoms with van der Waals surface area (Å²) in [6.45, 7) is 10.6. The van der Waals surface area contributed by atoms with Crippen LogP contribution >= 0.6 is 0 Å². The van der Waals surface area contributed by atoms with E-state index in [0.717, 1.165) is 12.8 Å². The van der Waals surface area contributed by atoms with E-state index in [0.29, 0.717) is 51.2 Å². The summed E-state index contributed by atoms with van der Waals surface area (Å²) in [7, 11) is 0. The summed E-state index contributed by atoms with van der Waals surface area (Å²) in [4.78, 5) is 50.6. The molecule has 2 aliphatic rings. The number of alkyl carbamates (subject to hydrolysis) is 1. The second kappa shape index (κ2) is 11.7. The molecular weight excluding hydrogens is 426 g/mol. The van der Waals surface area contributed by atoms with Crippen LogP contribution in [0.15, 0.2) is 0 Å². The number of piperidine rings is 1. The first-order valence-electron chi connectivity index (χ1n) is 12.2. The minimum absolute atomic E-state index is 0.00902. The number of nitrogens with one attached hydrogen (secondary N) is 2. The molecule has 33 heavy (non-hydrogen) atoms. The molecule has 0 unspecified atom stereocenters. The predicted octanol–water partition coefficient (Wildman–Crippen LogP) is 2.78. The number of ether oxygens (including phenoxy) is 1. The summed E-state index contributed by atoms with van der Waals surface area (Å²) >= 11 is 0. The number of amides is 3. The molecule has 3 amide bonds. The van der Waals surface area contributed by atoms with Crippen molar-refractivity contribution in [2.24, 2.45) is 23.7 Å². The van der Waals surface area contributed by atoms with E-state index >= 15 is 0 Å². The lowest BCUT2D eigenvalue weighted by atomic mass is 9.82. The normalized spacial score (nSPS) is 23.0. The van der Waals surface area contributed by atoms with Gasteiger partial charge in [-0.3, -0.25) is 14.4 Å². The Morgan fingerprint density at radius 3 is 2.03 bits per heavy atom. The molecule has 0 bridgehead atoms. The number of hydrogen-bond acceptors (Lipinski definition) is 5. The third-order valence-corrected chi connectivity index (χ3v) is 6.54. The molecule has 1 heterocycles. The van der Waals surface area contributed by atoms with Gasteiger partial charge >= 0.3 is 12.1 Å². The fourth-order valence-electron chi connectivity index (χ4n) is 4.51. The van der Waals surface area contributed by atoms with E-state index in [-0.39, 0.29) is 29.6 Å². The van der Waals surface area contributed by atoms with Gasteiger partial charge in [0.2, 0.25) is 11.8 Å². The average molecular weight is 468 g/mol. The van der Waals surface area contributed by atoms with Crippen molar-refractivity contribution in [3.63, 3.8) is 0 Å². The Bertz CT molecular complexity index is 701. The number of nitrogens with zero attached hydrogens (tertiary/aromatic N) is 1. The molecule has 1 saturated heterocycles. The number of aliphatic carboxylic acids is 1. The predicted molar refractivity (Wildman–Crippen MR) is 123 cm³/mol. The summed E-state index contributed by atoms with van der Waals surface area (Å²) in [5.41, 5.74) is -0.643. The first-order valence-corrected chi connectivity index (χ1v) is 12.2. The van der Waals surface area contributed by atoms with E-state index in [9.17, 15) is 19.2 Å². The van der Waals surface area contributed by atoms with Crippen molar-refractivity contribution in [1.29, 1.82) is 0 Å². The molecule has 3 N–H and O–H groups in total. The van der Waals surface area contributed by atoms with Gasteiger partial charge in [0.1, 0.15) is 11.6 Å². The van der Waals surface area contributed by atoms with Gasteiger partial charge in [0, 0.05) is 25.6 Å². The molecule has 1 aliphatic heterocycles. The highest BCUT2D eigenvalue weighted by Gasteiger charge is 2.34. The largest absolute Gasteiger partial charge is 0.481 e. The Balaban J connectivity index is 1.77. The van der Waals surface area contributed by atoms with Crippen LogP contribution in [-0.2, 0) is 19.1 Å². The molecular formula is C24H41N3O6. The van der Waals surface area contributed by atoms with Gasteiger partial charge in [0.25, 0.3) is 0 Å². The second-order valence-electron chi connectivity index (χ2n) is 10.8.